The number of aromatic nitrogens is 1. The normalized spacial score (nSPS) is 10.8. The van der Waals surface area contributed by atoms with Gasteiger partial charge in [-0.25, -0.2) is 0 Å². The summed E-state index contributed by atoms with van der Waals surface area (Å²) in [6.07, 6.45) is 2.30. The lowest BCUT2D eigenvalue weighted by Gasteiger charge is -2.20. The fourth-order valence-corrected chi connectivity index (χ4v) is 2.15. The summed E-state index contributed by atoms with van der Waals surface area (Å²) in [6, 6.07) is 5.47. The summed E-state index contributed by atoms with van der Waals surface area (Å²) in [6.45, 7) is 3.19. The molecule has 0 saturated heterocycles. The van der Waals surface area contributed by atoms with E-state index in [0.717, 1.165) is 10.9 Å². The fraction of sp³-hybridized carbons (Fsp3) is 0.357. The van der Waals surface area contributed by atoms with Crippen LogP contribution in [-0.4, -0.2) is 40.6 Å². The summed E-state index contributed by atoms with van der Waals surface area (Å²) in [5, 5.41) is 9.71. The van der Waals surface area contributed by atoms with Crippen LogP contribution in [0.5, 0.6) is 0 Å². The van der Waals surface area contributed by atoms with Crippen molar-refractivity contribution >= 4 is 22.5 Å². The van der Waals surface area contributed by atoms with Crippen LogP contribution < -0.4 is 5.73 Å². The molecule has 0 aliphatic heterocycles. The number of aliphatic hydroxyl groups is 1. The van der Waals surface area contributed by atoms with Crippen LogP contribution in [0.1, 0.15) is 23.7 Å². The molecule has 0 unspecified atom stereocenters. The fourth-order valence-electron chi connectivity index (χ4n) is 2.15. The van der Waals surface area contributed by atoms with Crippen molar-refractivity contribution in [1.29, 1.82) is 0 Å². The number of H-pyrrole nitrogens is 1. The zero-order valence-corrected chi connectivity index (χ0v) is 11.0. The molecular weight excluding hydrogens is 242 g/mol. The minimum atomic E-state index is -0.0344. The number of carbonyl (C=O) groups excluding carboxylic acids is 1. The van der Waals surface area contributed by atoms with Gasteiger partial charge in [-0.1, -0.05) is 0 Å². The van der Waals surface area contributed by atoms with Crippen molar-refractivity contribution in [2.75, 3.05) is 25.4 Å². The van der Waals surface area contributed by atoms with E-state index in [2.05, 4.69) is 4.98 Å². The van der Waals surface area contributed by atoms with Gasteiger partial charge in [-0.2, -0.15) is 0 Å². The summed E-state index contributed by atoms with van der Waals surface area (Å²) in [4.78, 5) is 17.3. The maximum Gasteiger partial charge on any atom is 0.256 e. The Morgan fingerprint density at radius 3 is 2.95 bits per heavy atom. The quantitative estimate of drug-likeness (QED) is 0.715. The number of nitrogens with zero attached hydrogens (tertiary/aromatic N) is 1. The number of aliphatic hydroxyl groups excluding tert-OH is 1. The van der Waals surface area contributed by atoms with Crippen molar-refractivity contribution in [1.82, 2.24) is 9.88 Å². The van der Waals surface area contributed by atoms with Crippen molar-refractivity contribution < 1.29 is 9.90 Å². The summed E-state index contributed by atoms with van der Waals surface area (Å²) in [5.41, 5.74) is 7.93. The topological polar surface area (TPSA) is 82.3 Å². The Hall–Kier alpha value is -2.01. The Balaban J connectivity index is 2.32. The summed E-state index contributed by atoms with van der Waals surface area (Å²) in [7, 11) is 0. The van der Waals surface area contributed by atoms with Gasteiger partial charge in [-0.05, 0) is 31.5 Å². The van der Waals surface area contributed by atoms with Crippen molar-refractivity contribution in [3.05, 3.63) is 30.0 Å². The number of hydrogen-bond acceptors (Lipinski definition) is 3. The van der Waals surface area contributed by atoms with Crippen LogP contribution in [0.2, 0.25) is 0 Å². The number of benzene rings is 1. The molecule has 1 heterocycles. The van der Waals surface area contributed by atoms with Crippen LogP contribution in [-0.2, 0) is 0 Å². The van der Waals surface area contributed by atoms with Crippen LogP contribution >= 0.6 is 0 Å². The van der Waals surface area contributed by atoms with Crippen molar-refractivity contribution in [2.45, 2.75) is 13.3 Å². The number of aromatic amines is 1. The molecule has 4 N–H and O–H groups in total. The molecule has 0 fully saturated rings. The number of carbonyl (C=O) groups is 1. The standard InChI is InChI=1S/C14H19N3O2/c1-2-17(6-3-7-18)14(19)12-9-16-13-5-4-10(15)8-11(12)13/h4-5,8-9,16,18H,2-3,6-7,15H2,1H3. The Morgan fingerprint density at radius 1 is 1.47 bits per heavy atom. The van der Waals surface area contributed by atoms with Crippen LogP contribution in [0.4, 0.5) is 5.69 Å². The lowest BCUT2D eigenvalue weighted by Crippen LogP contribution is -2.32. The highest BCUT2D eigenvalue weighted by Gasteiger charge is 2.17. The maximum absolute atomic E-state index is 12.5. The number of fused-ring (bicyclic) bond motifs is 1. The minimum absolute atomic E-state index is 0.0344. The molecule has 1 aromatic carbocycles. The van der Waals surface area contributed by atoms with Crippen LogP contribution in [0.25, 0.3) is 10.9 Å². The van der Waals surface area contributed by atoms with Crippen molar-refractivity contribution in [3.8, 4) is 0 Å². The molecule has 0 radical (unpaired) electrons. The Labute approximate surface area is 112 Å². The molecule has 1 amide bonds. The van der Waals surface area contributed by atoms with Gasteiger partial charge in [0.2, 0.25) is 0 Å². The second kappa shape index (κ2) is 5.75. The third-order valence-electron chi connectivity index (χ3n) is 3.19. The highest BCUT2D eigenvalue weighted by atomic mass is 16.3. The third-order valence-corrected chi connectivity index (χ3v) is 3.19. The number of nitrogens with one attached hydrogen (secondary N) is 1. The Kier molecular flexibility index (Phi) is 4.06. The van der Waals surface area contributed by atoms with Gasteiger partial charge in [0, 0.05) is 42.5 Å². The number of nitrogens with two attached hydrogens (primary N) is 1. The molecule has 5 heteroatoms. The van der Waals surface area contributed by atoms with E-state index in [-0.39, 0.29) is 12.5 Å². The molecule has 0 saturated carbocycles. The molecule has 1 aromatic heterocycles. The van der Waals surface area contributed by atoms with E-state index in [1.165, 1.54) is 0 Å². The van der Waals surface area contributed by atoms with Gasteiger partial charge in [0.15, 0.2) is 0 Å². The number of rotatable bonds is 5. The molecule has 5 nitrogen and oxygen atoms in total. The zero-order chi connectivity index (χ0) is 13.8. The second-order valence-corrected chi connectivity index (χ2v) is 4.47. The van der Waals surface area contributed by atoms with E-state index in [0.29, 0.717) is 30.8 Å². The number of hydrogen-bond donors (Lipinski definition) is 3. The zero-order valence-electron chi connectivity index (χ0n) is 11.0. The monoisotopic (exact) mass is 261 g/mol. The summed E-state index contributed by atoms with van der Waals surface area (Å²) < 4.78 is 0. The first-order valence-corrected chi connectivity index (χ1v) is 6.44. The molecule has 0 spiro atoms. The highest BCUT2D eigenvalue weighted by molar-refractivity contribution is 6.07. The van der Waals surface area contributed by atoms with Gasteiger partial charge in [0.25, 0.3) is 5.91 Å². The van der Waals surface area contributed by atoms with Gasteiger partial charge in [-0.3, -0.25) is 4.79 Å². The minimum Gasteiger partial charge on any atom is -0.399 e. The molecule has 0 aliphatic rings. The van der Waals surface area contributed by atoms with Gasteiger partial charge in [0.1, 0.15) is 0 Å². The molecule has 0 bridgehead atoms. The van der Waals surface area contributed by atoms with Gasteiger partial charge in [-0.15, -0.1) is 0 Å². The molecular formula is C14H19N3O2. The maximum atomic E-state index is 12.5. The molecule has 0 aliphatic carbocycles. The third kappa shape index (κ3) is 2.71. The van der Waals surface area contributed by atoms with E-state index in [1.54, 1.807) is 23.2 Å². The Bertz CT molecular complexity index is 577. The number of nitrogen functional groups attached to an aromatic ring is 1. The van der Waals surface area contributed by atoms with Gasteiger partial charge >= 0.3 is 0 Å². The van der Waals surface area contributed by atoms with E-state index < -0.39 is 0 Å². The first-order chi connectivity index (χ1) is 9.17. The highest BCUT2D eigenvalue weighted by Crippen LogP contribution is 2.22. The van der Waals surface area contributed by atoms with Gasteiger partial charge < -0.3 is 20.7 Å². The number of anilines is 1. The average molecular weight is 261 g/mol. The van der Waals surface area contributed by atoms with E-state index >= 15 is 0 Å². The number of amides is 1. The van der Waals surface area contributed by atoms with Crippen LogP contribution in [0.3, 0.4) is 0 Å². The molecule has 2 aromatic rings. The Morgan fingerprint density at radius 2 is 2.26 bits per heavy atom. The largest absolute Gasteiger partial charge is 0.399 e. The molecule has 0 atom stereocenters. The predicted molar refractivity (Wildman–Crippen MR) is 76.0 cm³/mol. The predicted octanol–water partition coefficient (Wildman–Crippen LogP) is 1.59. The first kappa shape index (κ1) is 13.4. The lowest BCUT2D eigenvalue weighted by atomic mass is 10.1. The smallest absolute Gasteiger partial charge is 0.256 e. The van der Waals surface area contributed by atoms with Crippen molar-refractivity contribution in [3.63, 3.8) is 0 Å². The summed E-state index contributed by atoms with van der Waals surface area (Å²) in [5.74, 6) is -0.0344. The van der Waals surface area contributed by atoms with E-state index in [4.69, 9.17) is 10.8 Å². The SMILES string of the molecule is CCN(CCCO)C(=O)c1c[nH]c2ccc(N)cc12. The van der Waals surface area contributed by atoms with Gasteiger partial charge in [0.05, 0.1) is 5.56 Å². The summed E-state index contributed by atoms with van der Waals surface area (Å²) >= 11 is 0. The first-order valence-electron chi connectivity index (χ1n) is 6.44. The molecule has 102 valence electrons. The molecule has 2 rings (SSSR count). The van der Waals surface area contributed by atoms with E-state index in [9.17, 15) is 4.79 Å². The van der Waals surface area contributed by atoms with Crippen LogP contribution in [0.15, 0.2) is 24.4 Å². The lowest BCUT2D eigenvalue weighted by molar-refractivity contribution is 0.0756. The van der Waals surface area contributed by atoms with Crippen molar-refractivity contribution in [2.24, 2.45) is 0 Å². The molecule has 19 heavy (non-hydrogen) atoms. The average Bonchev–Trinajstić information content (AvgIpc) is 2.82. The van der Waals surface area contributed by atoms with E-state index in [1.807, 2.05) is 13.0 Å². The van der Waals surface area contributed by atoms with Crippen LogP contribution in [0, 0.1) is 0 Å². The second-order valence-electron chi connectivity index (χ2n) is 4.47.